The normalized spacial score (nSPS) is 29.2. The lowest BCUT2D eigenvalue weighted by Crippen LogP contribution is -2.50. The summed E-state index contributed by atoms with van der Waals surface area (Å²) < 4.78 is 4.80. The number of hydrogen-bond donors (Lipinski definition) is 1. The molecule has 0 aromatic heterocycles. The average molecular weight is 557 g/mol. The first-order valence-electron chi connectivity index (χ1n) is 12.8. The molecule has 6 nitrogen and oxygen atoms in total. The van der Waals surface area contributed by atoms with Gasteiger partial charge < -0.3 is 10.1 Å². The van der Waals surface area contributed by atoms with Gasteiger partial charge in [0.25, 0.3) is 5.91 Å². The number of rotatable bonds is 4. The summed E-state index contributed by atoms with van der Waals surface area (Å²) in [4.78, 5) is 42.3. The maximum absolute atomic E-state index is 14.1. The minimum atomic E-state index is -0.794. The number of halogens is 1. The van der Waals surface area contributed by atoms with Crippen molar-refractivity contribution in [3.8, 4) is 0 Å². The molecule has 2 bridgehead atoms. The Bertz CT molecular complexity index is 1420. The summed E-state index contributed by atoms with van der Waals surface area (Å²) in [7, 11) is 0. The number of benzene rings is 3. The van der Waals surface area contributed by atoms with E-state index in [0.717, 1.165) is 41.7 Å². The largest absolute Gasteiger partial charge is 0.376 e. The molecule has 2 heterocycles. The topological polar surface area (TPSA) is 75.7 Å². The highest BCUT2D eigenvalue weighted by Gasteiger charge is 2.67. The zero-order chi connectivity index (χ0) is 25.3. The van der Waals surface area contributed by atoms with E-state index < -0.39 is 16.2 Å². The number of imide groups is 1. The monoisotopic (exact) mass is 556 g/mol. The fraction of sp³-hybridized carbons (Fsp3) is 0.300. The van der Waals surface area contributed by atoms with Crippen LogP contribution < -0.4 is 10.2 Å². The fourth-order valence-corrected chi connectivity index (χ4v) is 8.04. The van der Waals surface area contributed by atoms with Crippen molar-refractivity contribution in [3.05, 3.63) is 101 Å². The summed E-state index contributed by atoms with van der Waals surface area (Å²) in [5, 5.41) is 2.93. The Morgan fingerprint density at radius 1 is 0.973 bits per heavy atom. The number of hydrogen-bond acceptors (Lipinski definition) is 4. The SMILES string of the molecule is O=C(NC[C@@H]1CCCO1)c1cccc(N2C(=O)[C@@H]3C4c5ccccc5C(Br)(c5ccccc54)[C@H]3C2=O)c1. The number of ether oxygens (including phenoxy) is 1. The van der Waals surface area contributed by atoms with Gasteiger partial charge in [-0.1, -0.05) is 70.5 Å². The van der Waals surface area contributed by atoms with Gasteiger partial charge in [-0.2, -0.15) is 0 Å². The molecule has 1 N–H and O–H groups in total. The van der Waals surface area contributed by atoms with Gasteiger partial charge in [-0.15, -0.1) is 0 Å². The van der Waals surface area contributed by atoms with E-state index >= 15 is 0 Å². The molecule has 2 saturated heterocycles. The van der Waals surface area contributed by atoms with Gasteiger partial charge in [-0.3, -0.25) is 14.4 Å². The molecule has 186 valence electrons. The van der Waals surface area contributed by atoms with Gasteiger partial charge in [0.1, 0.15) is 0 Å². The van der Waals surface area contributed by atoms with E-state index in [0.29, 0.717) is 17.8 Å². The maximum atomic E-state index is 14.1. The first-order chi connectivity index (χ1) is 18.0. The van der Waals surface area contributed by atoms with E-state index in [9.17, 15) is 14.4 Å². The van der Waals surface area contributed by atoms with E-state index in [-0.39, 0.29) is 29.7 Å². The van der Waals surface area contributed by atoms with E-state index in [1.807, 2.05) is 24.3 Å². The van der Waals surface area contributed by atoms with Crippen LogP contribution in [0.1, 0.15) is 51.4 Å². The number of amides is 3. The predicted molar refractivity (Wildman–Crippen MR) is 142 cm³/mol. The maximum Gasteiger partial charge on any atom is 0.251 e. The van der Waals surface area contributed by atoms with Crippen LogP contribution in [-0.2, 0) is 18.7 Å². The minimum absolute atomic E-state index is 0.0332. The number of carbonyl (C=O) groups is 3. The zero-order valence-electron chi connectivity index (χ0n) is 20.0. The van der Waals surface area contributed by atoms with Gasteiger partial charge in [-0.05, 0) is 53.3 Å². The van der Waals surface area contributed by atoms with Crippen molar-refractivity contribution < 1.29 is 19.1 Å². The molecule has 37 heavy (non-hydrogen) atoms. The molecular formula is C30H25BrN2O4. The Morgan fingerprint density at radius 2 is 1.68 bits per heavy atom. The van der Waals surface area contributed by atoms with E-state index in [1.54, 1.807) is 24.3 Å². The van der Waals surface area contributed by atoms with Crippen molar-refractivity contribution in [2.45, 2.75) is 29.2 Å². The Balaban J connectivity index is 1.26. The first kappa shape index (κ1) is 22.9. The van der Waals surface area contributed by atoms with Gasteiger partial charge in [0.2, 0.25) is 11.8 Å². The Labute approximate surface area is 223 Å². The number of alkyl halides is 1. The van der Waals surface area contributed by atoms with E-state index in [1.165, 1.54) is 4.90 Å². The minimum Gasteiger partial charge on any atom is -0.376 e. The quantitative estimate of drug-likeness (QED) is 0.379. The van der Waals surface area contributed by atoms with Crippen LogP contribution in [-0.4, -0.2) is 37.0 Å². The van der Waals surface area contributed by atoms with Crippen LogP contribution in [0.25, 0.3) is 0 Å². The number of carbonyl (C=O) groups excluding carboxylic acids is 3. The van der Waals surface area contributed by atoms with Crippen LogP contribution in [0.3, 0.4) is 0 Å². The molecule has 0 radical (unpaired) electrons. The Hall–Kier alpha value is -3.29. The number of nitrogens with zero attached hydrogens (tertiary/aromatic N) is 1. The summed E-state index contributed by atoms with van der Waals surface area (Å²) in [5.41, 5.74) is 5.11. The Kier molecular flexibility index (Phi) is 5.17. The molecule has 3 atom stereocenters. The van der Waals surface area contributed by atoms with Crippen LogP contribution >= 0.6 is 15.9 Å². The van der Waals surface area contributed by atoms with Crippen LogP contribution in [0.5, 0.6) is 0 Å². The van der Waals surface area contributed by atoms with Crippen molar-refractivity contribution in [1.82, 2.24) is 5.32 Å². The van der Waals surface area contributed by atoms with Crippen molar-refractivity contribution in [2.75, 3.05) is 18.1 Å². The molecule has 2 fully saturated rings. The standard InChI is InChI=1S/C30H25BrN2O4/c31-30-22-12-3-1-10-20(22)24(21-11-2-4-13-23(21)30)25-26(30)29(36)33(28(25)35)18-8-5-7-17(15-18)27(34)32-16-19-9-6-14-37-19/h1-5,7-8,10-13,15,19,24-26H,6,9,14,16H2,(H,32,34)/t19-,24?,25+,26+,30?/m0/s1. The number of nitrogens with one attached hydrogen (secondary N) is 1. The zero-order valence-corrected chi connectivity index (χ0v) is 21.6. The summed E-state index contributed by atoms with van der Waals surface area (Å²) in [6.45, 7) is 1.17. The molecule has 0 saturated carbocycles. The first-order valence-corrected chi connectivity index (χ1v) is 13.5. The van der Waals surface area contributed by atoms with Crippen LogP contribution in [0.4, 0.5) is 5.69 Å². The second kappa shape index (κ2) is 8.36. The molecule has 7 heteroatoms. The third-order valence-electron chi connectivity index (χ3n) is 8.40. The third kappa shape index (κ3) is 3.17. The molecule has 0 unspecified atom stereocenters. The second-order valence-electron chi connectivity index (χ2n) is 10.3. The smallest absolute Gasteiger partial charge is 0.251 e. The predicted octanol–water partition coefficient (Wildman–Crippen LogP) is 4.50. The van der Waals surface area contributed by atoms with Gasteiger partial charge in [0.15, 0.2) is 0 Å². The van der Waals surface area contributed by atoms with Crippen molar-refractivity contribution >= 4 is 39.3 Å². The lowest BCUT2D eigenvalue weighted by molar-refractivity contribution is -0.122. The van der Waals surface area contributed by atoms with Gasteiger partial charge >= 0.3 is 0 Å². The lowest BCUT2D eigenvalue weighted by Gasteiger charge is -2.51. The molecule has 3 aromatic rings. The molecule has 8 rings (SSSR count). The summed E-state index contributed by atoms with van der Waals surface area (Å²) in [5.74, 6) is -2.00. The van der Waals surface area contributed by atoms with Crippen molar-refractivity contribution in [3.63, 3.8) is 0 Å². The highest BCUT2D eigenvalue weighted by molar-refractivity contribution is 9.09. The summed E-state index contributed by atoms with van der Waals surface area (Å²) >= 11 is 4.02. The molecule has 3 aliphatic carbocycles. The molecule has 3 amide bonds. The highest BCUT2D eigenvalue weighted by Crippen LogP contribution is 2.66. The van der Waals surface area contributed by atoms with Crippen molar-refractivity contribution in [1.29, 1.82) is 0 Å². The second-order valence-corrected chi connectivity index (χ2v) is 11.5. The molecule has 2 aliphatic heterocycles. The highest BCUT2D eigenvalue weighted by atomic mass is 79.9. The summed E-state index contributed by atoms with van der Waals surface area (Å²) in [6.07, 6.45) is 1.97. The third-order valence-corrected chi connectivity index (χ3v) is 9.74. The van der Waals surface area contributed by atoms with Crippen molar-refractivity contribution in [2.24, 2.45) is 11.8 Å². The summed E-state index contributed by atoms with van der Waals surface area (Å²) in [6, 6.07) is 23.0. The van der Waals surface area contributed by atoms with Gasteiger partial charge in [-0.25, -0.2) is 4.90 Å². The lowest BCUT2D eigenvalue weighted by atomic mass is 9.55. The van der Waals surface area contributed by atoms with E-state index in [4.69, 9.17) is 4.74 Å². The van der Waals surface area contributed by atoms with Crippen LogP contribution in [0, 0.1) is 11.8 Å². The molecule has 5 aliphatic rings. The molecule has 0 spiro atoms. The Morgan fingerprint density at radius 3 is 2.35 bits per heavy atom. The van der Waals surface area contributed by atoms with Gasteiger partial charge in [0.05, 0.1) is 28.0 Å². The number of anilines is 1. The van der Waals surface area contributed by atoms with Crippen LogP contribution in [0.2, 0.25) is 0 Å². The fourth-order valence-electron chi connectivity index (χ4n) is 6.83. The molecule has 3 aromatic carbocycles. The molecular weight excluding hydrogens is 532 g/mol. The average Bonchev–Trinajstić information content (AvgIpc) is 3.54. The van der Waals surface area contributed by atoms with E-state index in [2.05, 4.69) is 45.5 Å². The van der Waals surface area contributed by atoms with Crippen LogP contribution in [0.15, 0.2) is 72.8 Å². The van der Waals surface area contributed by atoms with Gasteiger partial charge in [0, 0.05) is 24.6 Å².